The topological polar surface area (TPSA) is 37.8 Å². The molecule has 1 heterocycles. The Bertz CT molecular complexity index is 491. The summed E-state index contributed by atoms with van der Waals surface area (Å²) in [6, 6.07) is 5.27. The van der Waals surface area contributed by atoms with Gasteiger partial charge in [0.05, 0.1) is 0 Å². The zero-order valence-electron chi connectivity index (χ0n) is 9.24. The van der Waals surface area contributed by atoms with Crippen LogP contribution >= 0.6 is 23.2 Å². The van der Waals surface area contributed by atoms with Crippen LogP contribution in [0.2, 0.25) is 10.0 Å². The Morgan fingerprint density at radius 1 is 1.06 bits per heavy atom. The molecule has 3 nitrogen and oxygen atoms in total. The molecule has 2 aromatic rings. The molecule has 0 fully saturated rings. The van der Waals surface area contributed by atoms with Gasteiger partial charge in [-0.25, -0.2) is 9.97 Å². The summed E-state index contributed by atoms with van der Waals surface area (Å²) in [5.41, 5.74) is 1.85. The lowest BCUT2D eigenvalue weighted by molar-refractivity contribution is 0.807. The number of nitrogens with zero attached hydrogens (tertiary/aromatic N) is 2. The molecule has 0 spiro atoms. The summed E-state index contributed by atoms with van der Waals surface area (Å²) in [5, 5.41) is 4.20. The molecule has 2 rings (SSSR count). The highest BCUT2D eigenvalue weighted by Gasteiger charge is 2.04. The fourth-order valence-electron chi connectivity index (χ4n) is 1.48. The minimum atomic E-state index is 0.579. The number of rotatable bonds is 3. The lowest BCUT2D eigenvalue weighted by Gasteiger charge is -2.03. The molecule has 1 aromatic carbocycles. The van der Waals surface area contributed by atoms with E-state index in [1.54, 1.807) is 30.6 Å². The monoisotopic (exact) mass is 267 g/mol. The van der Waals surface area contributed by atoms with Gasteiger partial charge in [0.1, 0.15) is 0 Å². The minimum Gasteiger partial charge on any atom is -0.316 e. The van der Waals surface area contributed by atoms with E-state index in [1.165, 1.54) is 0 Å². The van der Waals surface area contributed by atoms with Crippen LogP contribution in [-0.2, 0) is 6.54 Å². The van der Waals surface area contributed by atoms with E-state index >= 15 is 0 Å². The molecule has 0 radical (unpaired) electrons. The van der Waals surface area contributed by atoms with Crippen molar-refractivity contribution in [2.45, 2.75) is 6.54 Å². The van der Waals surface area contributed by atoms with Crippen LogP contribution in [0.5, 0.6) is 0 Å². The normalized spacial score (nSPS) is 10.5. The van der Waals surface area contributed by atoms with Crippen LogP contribution in [-0.4, -0.2) is 17.0 Å². The first-order valence-corrected chi connectivity index (χ1v) is 5.86. The maximum atomic E-state index is 5.93. The van der Waals surface area contributed by atoms with Gasteiger partial charge in [0, 0.05) is 40.1 Å². The molecule has 0 aliphatic carbocycles. The molecule has 0 bridgehead atoms. The summed E-state index contributed by atoms with van der Waals surface area (Å²) in [6.07, 6.45) is 3.57. The number of hydrogen-bond donors (Lipinski definition) is 1. The SMILES string of the molecule is CNCc1cnc(-c2cc(Cl)cc(Cl)c2)nc1. The zero-order chi connectivity index (χ0) is 12.3. The lowest BCUT2D eigenvalue weighted by Crippen LogP contribution is -2.06. The fourth-order valence-corrected chi connectivity index (χ4v) is 2.01. The lowest BCUT2D eigenvalue weighted by atomic mass is 10.2. The van der Waals surface area contributed by atoms with Crippen molar-refractivity contribution in [2.75, 3.05) is 7.05 Å². The highest BCUT2D eigenvalue weighted by Crippen LogP contribution is 2.24. The molecule has 0 aliphatic heterocycles. The van der Waals surface area contributed by atoms with E-state index in [0.29, 0.717) is 15.9 Å². The molecule has 1 aromatic heterocycles. The van der Waals surface area contributed by atoms with Gasteiger partial charge >= 0.3 is 0 Å². The Labute approximate surface area is 110 Å². The Kier molecular flexibility index (Phi) is 3.94. The molecule has 0 saturated heterocycles. The molecule has 0 atom stereocenters. The van der Waals surface area contributed by atoms with Gasteiger partial charge in [-0.3, -0.25) is 0 Å². The summed E-state index contributed by atoms with van der Waals surface area (Å²) in [6.45, 7) is 0.747. The molecular formula is C12H11Cl2N3. The van der Waals surface area contributed by atoms with E-state index in [1.807, 2.05) is 7.05 Å². The Morgan fingerprint density at radius 3 is 2.18 bits per heavy atom. The third-order valence-electron chi connectivity index (χ3n) is 2.21. The Balaban J connectivity index is 2.32. The average Bonchev–Trinajstić information content (AvgIpc) is 2.29. The predicted octanol–water partition coefficient (Wildman–Crippen LogP) is 3.17. The van der Waals surface area contributed by atoms with Crippen LogP contribution in [0.4, 0.5) is 0 Å². The van der Waals surface area contributed by atoms with Gasteiger partial charge in [-0.15, -0.1) is 0 Å². The van der Waals surface area contributed by atoms with Crippen molar-refractivity contribution in [3.05, 3.63) is 46.2 Å². The smallest absolute Gasteiger partial charge is 0.159 e. The number of aromatic nitrogens is 2. The third-order valence-corrected chi connectivity index (χ3v) is 2.64. The molecule has 0 saturated carbocycles. The summed E-state index contributed by atoms with van der Waals surface area (Å²) in [5.74, 6) is 0.620. The zero-order valence-corrected chi connectivity index (χ0v) is 10.8. The van der Waals surface area contributed by atoms with E-state index < -0.39 is 0 Å². The molecule has 0 aliphatic rings. The number of benzene rings is 1. The second kappa shape index (κ2) is 5.45. The average molecular weight is 268 g/mol. The molecule has 1 N–H and O–H groups in total. The van der Waals surface area contributed by atoms with Crippen molar-refractivity contribution in [1.82, 2.24) is 15.3 Å². The van der Waals surface area contributed by atoms with Crippen LogP contribution in [0.15, 0.2) is 30.6 Å². The second-order valence-electron chi connectivity index (χ2n) is 3.60. The third kappa shape index (κ3) is 3.16. The first-order valence-electron chi connectivity index (χ1n) is 5.11. The van der Waals surface area contributed by atoms with Gasteiger partial charge in [0.25, 0.3) is 0 Å². The molecule has 17 heavy (non-hydrogen) atoms. The van der Waals surface area contributed by atoms with Crippen LogP contribution in [0.3, 0.4) is 0 Å². The molecular weight excluding hydrogens is 257 g/mol. The van der Waals surface area contributed by atoms with E-state index in [4.69, 9.17) is 23.2 Å². The van der Waals surface area contributed by atoms with E-state index in [-0.39, 0.29) is 0 Å². The van der Waals surface area contributed by atoms with Gasteiger partial charge in [0.15, 0.2) is 5.82 Å². The maximum Gasteiger partial charge on any atom is 0.159 e. The van der Waals surface area contributed by atoms with E-state index in [2.05, 4.69) is 15.3 Å². The fraction of sp³-hybridized carbons (Fsp3) is 0.167. The summed E-state index contributed by atoms with van der Waals surface area (Å²) in [4.78, 5) is 8.56. The van der Waals surface area contributed by atoms with Gasteiger partial charge < -0.3 is 5.32 Å². The van der Waals surface area contributed by atoms with E-state index in [9.17, 15) is 0 Å². The van der Waals surface area contributed by atoms with Crippen LogP contribution in [0.1, 0.15) is 5.56 Å². The van der Waals surface area contributed by atoms with Gasteiger partial charge in [0.2, 0.25) is 0 Å². The summed E-state index contributed by atoms with van der Waals surface area (Å²) >= 11 is 11.9. The first kappa shape index (κ1) is 12.3. The van der Waals surface area contributed by atoms with Crippen LogP contribution in [0.25, 0.3) is 11.4 Å². The molecule has 0 amide bonds. The quantitative estimate of drug-likeness (QED) is 0.929. The minimum absolute atomic E-state index is 0.579. The maximum absolute atomic E-state index is 5.93. The van der Waals surface area contributed by atoms with Crippen molar-refractivity contribution in [1.29, 1.82) is 0 Å². The van der Waals surface area contributed by atoms with Crippen molar-refractivity contribution in [3.8, 4) is 11.4 Å². The predicted molar refractivity (Wildman–Crippen MR) is 70.3 cm³/mol. The van der Waals surface area contributed by atoms with Crippen molar-refractivity contribution < 1.29 is 0 Å². The highest BCUT2D eigenvalue weighted by atomic mass is 35.5. The molecule has 88 valence electrons. The summed E-state index contributed by atoms with van der Waals surface area (Å²) in [7, 11) is 1.88. The van der Waals surface area contributed by atoms with Crippen LogP contribution < -0.4 is 5.32 Å². The number of halogens is 2. The van der Waals surface area contributed by atoms with Crippen molar-refractivity contribution >= 4 is 23.2 Å². The highest BCUT2D eigenvalue weighted by molar-refractivity contribution is 6.35. The number of hydrogen-bond acceptors (Lipinski definition) is 3. The molecule has 5 heteroatoms. The Hall–Kier alpha value is -1.16. The van der Waals surface area contributed by atoms with Gasteiger partial charge in [-0.05, 0) is 25.2 Å². The van der Waals surface area contributed by atoms with Gasteiger partial charge in [-0.1, -0.05) is 23.2 Å². The number of nitrogens with one attached hydrogen (secondary N) is 1. The van der Waals surface area contributed by atoms with Crippen molar-refractivity contribution in [2.24, 2.45) is 0 Å². The van der Waals surface area contributed by atoms with E-state index in [0.717, 1.165) is 17.7 Å². The molecule has 0 unspecified atom stereocenters. The standard InChI is InChI=1S/C12H11Cl2N3/c1-15-5-8-6-16-12(17-7-8)9-2-10(13)4-11(14)3-9/h2-4,6-7,15H,5H2,1H3. The Morgan fingerprint density at radius 2 is 1.65 bits per heavy atom. The first-order chi connectivity index (χ1) is 8.19. The largest absolute Gasteiger partial charge is 0.316 e. The van der Waals surface area contributed by atoms with Crippen molar-refractivity contribution in [3.63, 3.8) is 0 Å². The summed E-state index contributed by atoms with van der Waals surface area (Å²) < 4.78 is 0. The van der Waals surface area contributed by atoms with Gasteiger partial charge in [-0.2, -0.15) is 0 Å². The second-order valence-corrected chi connectivity index (χ2v) is 4.48. The van der Waals surface area contributed by atoms with Crippen LogP contribution in [0, 0.1) is 0 Å².